The fourth-order valence-corrected chi connectivity index (χ4v) is 3.04. The summed E-state index contributed by atoms with van der Waals surface area (Å²) in [6.45, 7) is 9.05. The van der Waals surface area contributed by atoms with Gasteiger partial charge >= 0.3 is 0 Å². The van der Waals surface area contributed by atoms with E-state index in [-0.39, 0.29) is 0 Å². The van der Waals surface area contributed by atoms with Gasteiger partial charge in [-0.25, -0.2) is 0 Å². The molecule has 0 fully saturated rings. The molecule has 0 unspecified atom stereocenters. The van der Waals surface area contributed by atoms with E-state index in [1.54, 1.807) is 11.3 Å². The topological polar surface area (TPSA) is 21.3 Å². The largest absolute Gasteiger partial charge is 0.493 e. The molecule has 0 aliphatic rings. The number of benzene rings is 1. The SMILES string of the molecule is CCNCc1cc(C)c(OCCc2cccs2)c(C)c1. The second-order valence-corrected chi connectivity index (χ2v) is 6.05. The highest BCUT2D eigenvalue weighted by Crippen LogP contribution is 2.25. The van der Waals surface area contributed by atoms with Gasteiger partial charge in [-0.1, -0.05) is 25.1 Å². The van der Waals surface area contributed by atoms with Crippen molar-refractivity contribution in [1.82, 2.24) is 5.32 Å². The van der Waals surface area contributed by atoms with Gasteiger partial charge in [0.05, 0.1) is 6.61 Å². The van der Waals surface area contributed by atoms with E-state index in [0.717, 1.165) is 31.9 Å². The van der Waals surface area contributed by atoms with Crippen LogP contribution in [0.1, 0.15) is 28.5 Å². The zero-order valence-corrected chi connectivity index (χ0v) is 13.3. The van der Waals surface area contributed by atoms with E-state index in [2.05, 4.69) is 55.7 Å². The summed E-state index contributed by atoms with van der Waals surface area (Å²) in [4.78, 5) is 1.38. The van der Waals surface area contributed by atoms with Gasteiger partial charge in [0.2, 0.25) is 0 Å². The van der Waals surface area contributed by atoms with Crippen molar-refractivity contribution in [3.05, 3.63) is 51.2 Å². The molecule has 1 heterocycles. The van der Waals surface area contributed by atoms with E-state index in [1.807, 2.05) is 0 Å². The molecule has 1 aromatic carbocycles. The molecule has 0 atom stereocenters. The Kier molecular flexibility index (Phi) is 5.62. The van der Waals surface area contributed by atoms with Gasteiger partial charge in [-0.15, -0.1) is 11.3 Å². The lowest BCUT2D eigenvalue weighted by Crippen LogP contribution is -2.12. The minimum atomic E-state index is 0.745. The summed E-state index contributed by atoms with van der Waals surface area (Å²) < 4.78 is 5.99. The molecule has 20 heavy (non-hydrogen) atoms. The third-order valence-corrected chi connectivity index (χ3v) is 4.21. The molecule has 0 aliphatic heterocycles. The van der Waals surface area contributed by atoms with Crippen molar-refractivity contribution in [1.29, 1.82) is 0 Å². The second kappa shape index (κ2) is 7.46. The van der Waals surface area contributed by atoms with E-state index in [9.17, 15) is 0 Å². The van der Waals surface area contributed by atoms with Crippen molar-refractivity contribution in [3.63, 3.8) is 0 Å². The van der Waals surface area contributed by atoms with Crippen molar-refractivity contribution in [3.8, 4) is 5.75 Å². The van der Waals surface area contributed by atoms with Gasteiger partial charge in [0.25, 0.3) is 0 Å². The molecule has 0 bridgehead atoms. The molecular weight excluding hydrogens is 266 g/mol. The van der Waals surface area contributed by atoms with Gasteiger partial charge in [-0.05, 0) is 48.5 Å². The highest BCUT2D eigenvalue weighted by molar-refractivity contribution is 7.09. The lowest BCUT2D eigenvalue weighted by atomic mass is 10.1. The van der Waals surface area contributed by atoms with Crippen LogP contribution in [0.3, 0.4) is 0 Å². The van der Waals surface area contributed by atoms with Crippen molar-refractivity contribution in [2.75, 3.05) is 13.2 Å². The summed E-state index contributed by atoms with van der Waals surface area (Å²) in [6.07, 6.45) is 0.982. The lowest BCUT2D eigenvalue weighted by molar-refractivity contribution is 0.318. The number of ether oxygens (including phenoxy) is 1. The quantitative estimate of drug-likeness (QED) is 0.828. The molecule has 0 saturated carbocycles. The van der Waals surface area contributed by atoms with E-state index in [0.29, 0.717) is 0 Å². The molecule has 1 N–H and O–H groups in total. The van der Waals surface area contributed by atoms with Crippen LogP contribution in [0.4, 0.5) is 0 Å². The molecule has 2 rings (SSSR count). The molecule has 1 aromatic heterocycles. The summed E-state index contributed by atoms with van der Waals surface area (Å²) in [5, 5.41) is 5.47. The maximum Gasteiger partial charge on any atom is 0.125 e. The van der Waals surface area contributed by atoms with Crippen molar-refractivity contribution in [2.45, 2.75) is 33.7 Å². The van der Waals surface area contributed by atoms with Gasteiger partial charge in [0.1, 0.15) is 5.75 Å². The first kappa shape index (κ1) is 15.1. The van der Waals surface area contributed by atoms with E-state index in [1.165, 1.54) is 21.6 Å². The van der Waals surface area contributed by atoms with E-state index in [4.69, 9.17) is 4.74 Å². The van der Waals surface area contributed by atoms with Gasteiger partial charge in [0.15, 0.2) is 0 Å². The lowest BCUT2D eigenvalue weighted by Gasteiger charge is -2.14. The average Bonchev–Trinajstić information content (AvgIpc) is 2.92. The molecule has 108 valence electrons. The predicted molar refractivity (Wildman–Crippen MR) is 86.8 cm³/mol. The van der Waals surface area contributed by atoms with Crippen LogP contribution in [-0.4, -0.2) is 13.2 Å². The summed E-state index contributed by atoms with van der Waals surface area (Å²) in [6, 6.07) is 8.69. The maximum absolute atomic E-state index is 5.99. The first-order valence-electron chi connectivity index (χ1n) is 7.16. The first-order valence-corrected chi connectivity index (χ1v) is 8.04. The van der Waals surface area contributed by atoms with E-state index < -0.39 is 0 Å². The van der Waals surface area contributed by atoms with Crippen molar-refractivity contribution in [2.24, 2.45) is 0 Å². The highest BCUT2D eigenvalue weighted by atomic mass is 32.1. The normalized spacial score (nSPS) is 10.8. The van der Waals surface area contributed by atoms with Crippen LogP contribution < -0.4 is 10.1 Å². The molecular formula is C17H23NOS. The summed E-state index contributed by atoms with van der Waals surface area (Å²) in [7, 11) is 0. The molecule has 0 aliphatic carbocycles. The maximum atomic E-state index is 5.99. The third kappa shape index (κ3) is 4.09. The Bertz CT molecular complexity index is 511. The highest BCUT2D eigenvalue weighted by Gasteiger charge is 2.06. The number of rotatable bonds is 7. The third-order valence-electron chi connectivity index (χ3n) is 3.27. The minimum absolute atomic E-state index is 0.745. The summed E-state index contributed by atoms with van der Waals surface area (Å²) >= 11 is 1.79. The Morgan fingerprint density at radius 3 is 2.55 bits per heavy atom. The summed E-state index contributed by atoms with van der Waals surface area (Å²) in [5.41, 5.74) is 3.78. The Balaban J connectivity index is 1.97. The number of hydrogen-bond donors (Lipinski definition) is 1. The van der Waals surface area contributed by atoms with E-state index >= 15 is 0 Å². The molecule has 0 radical (unpaired) electrons. The van der Waals surface area contributed by atoms with Gasteiger partial charge in [0, 0.05) is 17.8 Å². The number of hydrogen-bond acceptors (Lipinski definition) is 3. The number of aryl methyl sites for hydroxylation is 2. The Morgan fingerprint density at radius 1 is 1.20 bits per heavy atom. The van der Waals surface area contributed by atoms with Gasteiger partial charge in [-0.2, -0.15) is 0 Å². The number of thiophene rings is 1. The molecule has 0 amide bonds. The Hall–Kier alpha value is -1.32. The minimum Gasteiger partial charge on any atom is -0.493 e. The molecule has 3 heteroatoms. The van der Waals surface area contributed by atoms with Crippen LogP contribution in [0.2, 0.25) is 0 Å². The zero-order chi connectivity index (χ0) is 14.4. The Labute approximate surface area is 125 Å². The molecule has 2 aromatic rings. The zero-order valence-electron chi connectivity index (χ0n) is 12.5. The second-order valence-electron chi connectivity index (χ2n) is 5.02. The Morgan fingerprint density at radius 2 is 1.95 bits per heavy atom. The summed E-state index contributed by atoms with van der Waals surface area (Å²) in [5.74, 6) is 1.04. The standard InChI is InChI=1S/C17H23NOS/c1-4-18-12-15-10-13(2)17(14(3)11-15)19-8-7-16-6-5-9-20-16/h5-6,9-11,18H,4,7-8,12H2,1-3H3. The van der Waals surface area contributed by atoms with Crippen LogP contribution in [0, 0.1) is 13.8 Å². The molecule has 2 nitrogen and oxygen atoms in total. The monoisotopic (exact) mass is 289 g/mol. The van der Waals surface area contributed by atoms with Crippen molar-refractivity contribution < 1.29 is 4.74 Å². The van der Waals surface area contributed by atoms with Crippen LogP contribution in [-0.2, 0) is 13.0 Å². The smallest absolute Gasteiger partial charge is 0.125 e. The van der Waals surface area contributed by atoms with Gasteiger partial charge < -0.3 is 10.1 Å². The fraction of sp³-hybridized carbons (Fsp3) is 0.412. The van der Waals surface area contributed by atoms with Gasteiger partial charge in [-0.3, -0.25) is 0 Å². The molecule has 0 saturated heterocycles. The van der Waals surface area contributed by atoms with Crippen LogP contribution in [0.25, 0.3) is 0 Å². The average molecular weight is 289 g/mol. The predicted octanol–water partition coefficient (Wildman–Crippen LogP) is 4.10. The number of nitrogens with one attached hydrogen (secondary N) is 1. The van der Waals surface area contributed by atoms with Crippen molar-refractivity contribution >= 4 is 11.3 Å². The molecule has 0 spiro atoms. The first-order chi connectivity index (χ1) is 9.70. The van der Waals surface area contributed by atoms with Crippen LogP contribution in [0.15, 0.2) is 29.6 Å². The fourth-order valence-electron chi connectivity index (χ4n) is 2.35. The van der Waals surface area contributed by atoms with Crippen LogP contribution in [0.5, 0.6) is 5.75 Å². The van der Waals surface area contributed by atoms with Crippen LogP contribution >= 0.6 is 11.3 Å².